The first-order chi connectivity index (χ1) is 22.2. The van der Waals surface area contributed by atoms with Crippen LogP contribution in [0.1, 0.15) is 182 Å². The predicted octanol–water partition coefficient (Wildman–Crippen LogP) is 9.76. The molecule has 2 N–H and O–H groups in total. The van der Waals surface area contributed by atoms with E-state index in [1.807, 2.05) is 0 Å². The van der Waals surface area contributed by atoms with E-state index < -0.39 is 0 Å². The van der Waals surface area contributed by atoms with Crippen molar-refractivity contribution in [3.8, 4) is 0 Å². The molecular formula is C40H68O7. The van der Waals surface area contributed by atoms with Gasteiger partial charge in [0, 0.05) is 31.6 Å². The third-order valence-electron chi connectivity index (χ3n) is 8.67. The monoisotopic (exact) mass is 660 g/mol. The maximum Gasteiger partial charge on any atom is 0.306 e. The maximum atomic E-state index is 11.2. The number of rotatable bonds is 14. The van der Waals surface area contributed by atoms with Gasteiger partial charge in [-0.25, -0.2) is 4.79 Å². The van der Waals surface area contributed by atoms with Crippen LogP contribution in [-0.4, -0.2) is 46.1 Å². The highest BCUT2D eigenvalue weighted by Crippen LogP contribution is 2.26. The summed E-state index contributed by atoms with van der Waals surface area (Å²) in [6.45, 7) is 8.53. The molecule has 47 heavy (non-hydrogen) atoms. The molecule has 3 saturated carbocycles. The minimum absolute atomic E-state index is 0. The van der Waals surface area contributed by atoms with Crippen molar-refractivity contribution in [2.75, 3.05) is 0 Å². The lowest BCUT2D eigenvalue weighted by molar-refractivity contribution is -0.124. The molecule has 0 aromatic heterocycles. The second kappa shape index (κ2) is 32.2. The van der Waals surface area contributed by atoms with E-state index in [1.54, 1.807) is 6.42 Å². The molecule has 4 aliphatic carbocycles. The van der Waals surface area contributed by atoms with Crippen molar-refractivity contribution in [3.63, 3.8) is 0 Å². The Balaban J connectivity index is 0. The topological polar surface area (TPSA) is 136 Å². The average molecular weight is 661 g/mol. The van der Waals surface area contributed by atoms with Crippen molar-refractivity contribution in [1.82, 2.24) is 0 Å². The zero-order valence-electron chi connectivity index (χ0n) is 30.4. The number of unbranched alkanes of at least 4 members (excludes halogenated alkanes) is 7. The molecule has 2 unspecified atom stereocenters. The van der Waals surface area contributed by atoms with Gasteiger partial charge in [-0.2, -0.15) is 0 Å². The minimum Gasteiger partial charge on any atom is -0.870 e. The highest BCUT2D eigenvalue weighted by atomic mass is 16.3. The lowest BCUT2D eigenvalue weighted by Crippen LogP contribution is -2.23. The highest BCUT2D eigenvalue weighted by molar-refractivity contribution is 5.97. The van der Waals surface area contributed by atoms with Crippen LogP contribution in [-0.2, 0) is 24.0 Å². The van der Waals surface area contributed by atoms with Crippen LogP contribution in [0.15, 0.2) is 23.3 Å². The van der Waals surface area contributed by atoms with Gasteiger partial charge in [0.25, 0.3) is 0 Å². The Morgan fingerprint density at radius 1 is 0.787 bits per heavy atom. The normalized spacial score (nSPS) is 19.5. The van der Waals surface area contributed by atoms with E-state index >= 15 is 0 Å². The van der Waals surface area contributed by atoms with Crippen LogP contribution < -0.4 is 0 Å². The Morgan fingerprint density at radius 3 is 1.89 bits per heavy atom. The number of carbonyl (C=O) groups is 5. The molecule has 0 radical (unpaired) electrons. The van der Waals surface area contributed by atoms with Crippen molar-refractivity contribution in [2.45, 2.75) is 188 Å². The van der Waals surface area contributed by atoms with Crippen LogP contribution in [0.3, 0.4) is 0 Å². The molecule has 0 bridgehead atoms. The number of aliphatic hydroxyl groups is 1. The summed E-state index contributed by atoms with van der Waals surface area (Å²) in [6, 6.07) is 0. The summed E-state index contributed by atoms with van der Waals surface area (Å²) in [4.78, 5) is 53.2. The second-order valence-electron chi connectivity index (χ2n) is 12.8. The Labute approximate surface area is 287 Å². The van der Waals surface area contributed by atoms with Crippen LogP contribution in [0.5, 0.6) is 0 Å². The first-order valence-electron chi connectivity index (χ1n) is 18.7. The van der Waals surface area contributed by atoms with Gasteiger partial charge in [-0.05, 0) is 81.8 Å². The van der Waals surface area contributed by atoms with Gasteiger partial charge in [0.1, 0.15) is 18.5 Å². The van der Waals surface area contributed by atoms with Crippen molar-refractivity contribution in [3.05, 3.63) is 29.7 Å². The fraction of sp³-hybridized carbons (Fsp3) is 0.750. The molecule has 0 aromatic carbocycles. The molecule has 0 heterocycles. The number of Topliss-reactive ketones (excluding diaryl/α,β-unsaturated/α-hetero) is 4. The van der Waals surface area contributed by atoms with Crippen molar-refractivity contribution >= 4 is 29.4 Å². The lowest BCUT2D eigenvalue weighted by atomic mass is 9.96. The summed E-state index contributed by atoms with van der Waals surface area (Å²) in [5.41, 5.74) is 2.19. The molecule has 0 amide bonds. The van der Waals surface area contributed by atoms with Crippen LogP contribution in [0.4, 0.5) is 0 Å². The fourth-order valence-corrected chi connectivity index (χ4v) is 5.69. The zero-order chi connectivity index (χ0) is 34.4. The number of hydrogen-bond donors (Lipinski definition) is 1. The zero-order valence-corrected chi connectivity index (χ0v) is 30.4. The second-order valence-corrected chi connectivity index (χ2v) is 12.8. The molecule has 0 saturated heterocycles. The molecule has 7 nitrogen and oxygen atoms in total. The van der Waals surface area contributed by atoms with Gasteiger partial charge >= 0.3 is 5.78 Å². The van der Waals surface area contributed by atoms with E-state index in [0.29, 0.717) is 23.8 Å². The first-order valence-corrected chi connectivity index (χ1v) is 18.7. The third-order valence-corrected chi connectivity index (χ3v) is 8.67. The summed E-state index contributed by atoms with van der Waals surface area (Å²) in [5.74, 6) is 1.35. The number of allylic oxidation sites excluding steroid dienone is 4. The number of carbonyl (C=O) groups excluding carboxylic acids is 5. The van der Waals surface area contributed by atoms with Gasteiger partial charge in [0.15, 0.2) is 11.6 Å². The van der Waals surface area contributed by atoms with E-state index in [2.05, 4.69) is 39.8 Å². The van der Waals surface area contributed by atoms with Gasteiger partial charge in [-0.1, -0.05) is 84.8 Å². The van der Waals surface area contributed by atoms with Gasteiger partial charge in [-0.3, -0.25) is 14.4 Å². The first kappa shape index (κ1) is 46.7. The molecule has 3 fully saturated rings. The summed E-state index contributed by atoms with van der Waals surface area (Å²) in [5, 5.41) is 9.63. The molecule has 270 valence electrons. The lowest BCUT2D eigenvalue weighted by Gasteiger charge is -2.15. The molecule has 4 rings (SSSR count). The van der Waals surface area contributed by atoms with Gasteiger partial charge < -0.3 is 15.4 Å². The molecule has 0 aromatic rings. The molecule has 0 spiro atoms. The van der Waals surface area contributed by atoms with E-state index in [0.717, 1.165) is 133 Å². The van der Waals surface area contributed by atoms with E-state index in [-0.39, 0.29) is 23.3 Å². The predicted molar refractivity (Wildman–Crippen MR) is 191 cm³/mol. The van der Waals surface area contributed by atoms with Crippen molar-refractivity contribution < 1.29 is 34.6 Å². The standard InChI is InChI=1S/C10H18O2.2C10H16O.C5H7O.C5H10O.H2O/c1-2-3-6-9(11)8-5-4-7-10(8)12;2*1-2-3-4-6-9-7-5-8-10(9)11;6-5-3-1-2-4-5;1-2-3-4-5-6;/h8-9,11H,2-7H2,1H3;7H,2-6,8H2,1H3;6H,2-5,7-8H2,1H3;3H,1-2,4H2;5H,2-4H2,1H3;1H2/q;;;+1;;/p-1/b;;9-6+;;;. The molecule has 4 aliphatic rings. The Kier molecular flexibility index (Phi) is 32.0. The van der Waals surface area contributed by atoms with Gasteiger partial charge in [0.2, 0.25) is 0 Å². The van der Waals surface area contributed by atoms with E-state index in [4.69, 9.17) is 0 Å². The Hall–Kier alpha value is -2.38. The molecular weight excluding hydrogens is 592 g/mol. The van der Waals surface area contributed by atoms with Gasteiger partial charge in [-0.15, -0.1) is 0 Å². The number of aliphatic hydroxyl groups excluding tert-OH is 1. The Bertz CT molecular complexity index is 910. The quantitative estimate of drug-likeness (QED) is 0.0847. The minimum atomic E-state index is -0.361. The third kappa shape index (κ3) is 24.4. The molecule has 0 aliphatic heterocycles. The van der Waals surface area contributed by atoms with Crippen LogP contribution in [0, 0.1) is 12.3 Å². The van der Waals surface area contributed by atoms with Crippen molar-refractivity contribution in [2.24, 2.45) is 5.92 Å². The highest BCUT2D eigenvalue weighted by Gasteiger charge is 2.30. The van der Waals surface area contributed by atoms with Crippen LogP contribution in [0.2, 0.25) is 0 Å². The largest absolute Gasteiger partial charge is 0.870 e. The van der Waals surface area contributed by atoms with Crippen LogP contribution in [0.25, 0.3) is 0 Å². The van der Waals surface area contributed by atoms with Crippen molar-refractivity contribution in [1.29, 1.82) is 0 Å². The maximum absolute atomic E-state index is 11.2. The van der Waals surface area contributed by atoms with E-state index in [9.17, 15) is 29.1 Å². The fourth-order valence-electron chi connectivity index (χ4n) is 5.69. The average Bonchev–Trinajstić information content (AvgIpc) is 3.88. The number of aldehydes is 1. The summed E-state index contributed by atoms with van der Waals surface area (Å²) < 4.78 is 0. The van der Waals surface area contributed by atoms with E-state index in [1.165, 1.54) is 32.1 Å². The number of hydrogen-bond acceptors (Lipinski definition) is 7. The Morgan fingerprint density at radius 2 is 1.47 bits per heavy atom. The summed E-state index contributed by atoms with van der Waals surface area (Å²) in [6.07, 6.45) is 30.8. The summed E-state index contributed by atoms with van der Waals surface area (Å²) >= 11 is 0. The number of ketones is 4. The van der Waals surface area contributed by atoms with Gasteiger partial charge in [0.05, 0.1) is 18.9 Å². The SMILES string of the molecule is CCCC/C=C1\CCCC1=O.CCCCC(O)C1CCCC1=O.CCCCC=O.CCCCCC1=CCCC1=O.O=C1[CH+]CCC1.[OH-]. The summed E-state index contributed by atoms with van der Waals surface area (Å²) in [7, 11) is 0. The smallest absolute Gasteiger partial charge is 0.306 e. The molecule has 2 atom stereocenters. The van der Waals surface area contributed by atoms with Crippen LogP contribution >= 0.6 is 0 Å². The molecule has 7 heteroatoms.